The molecule has 0 bridgehead atoms. The zero-order valence-corrected chi connectivity index (χ0v) is 16.4. The number of nitrogens with zero attached hydrogens (tertiary/aromatic N) is 5. The Morgan fingerprint density at radius 3 is 2.64 bits per heavy atom. The number of piperazine rings is 1. The minimum atomic E-state index is 0.0951. The van der Waals surface area contributed by atoms with Crippen LogP contribution >= 0.6 is 0 Å². The minimum absolute atomic E-state index is 0.0951. The Labute approximate surface area is 165 Å². The molecule has 6 heteroatoms. The van der Waals surface area contributed by atoms with E-state index >= 15 is 0 Å². The van der Waals surface area contributed by atoms with Crippen LogP contribution in [-0.2, 0) is 13.6 Å². The van der Waals surface area contributed by atoms with Gasteiger partial charge in [-0.3, -0.25) is 14.7 Å². The second-order valence-electron chi connectivity index (χ2n) is 7.31. The van der Waals surface area contributed by atoms with Gasteiger partial charge >= 0.3 is 0 Å². The van der Waals surface area contributed by atoms with E-state index < -0.39 is 0 Å². The van der Waals surface area contributed by atoms with Gasteiger partial charge in [0.05, 0.1) is 23.9 Å². The van der Waals surface area contributed by atoms with Gasteiger partial charge in [0.15, 0.2) is 0 Å². The number of benzene rings is 1. The number of pyridine rings is 1. The molecule has 2 aromatic heterocycles. The third kappa shape index (κ3) is 3.82. The van der Waals surface area contributed by atoms with Gasteiger partial charge in [-0.2, -0.15) is 0 Å². The van der Waals surface area contributed by atoms with E-state index in [4.69, 9.17) is 0 Å². The fraction of sp³-hybridized carbons (Fsp3) is 0.318. The fourth-order valence-corrected chi connectivity index (χ4v) is 3.63. The van der Waals surface area contributed by atoms with E-state index in [1.54, 1.807) is 6.33 Å². The average Bonchev–Trinajstić information content (AvgIpc) is 3.16. The molecule has 0 unspecified atom stereocenters. The van der Waals surface area contributed by atoms with Crippen molar-refractivity contribution >= 4 is 5.91 Å². The van der Waals surface area contributed by atoms with Crippen molar-refractivity contribution in [2.45, 2.75) is 13.5 Å². The van der Waals surface area contributed by atoms with Crippen molar-refractivity contribution in [1.29, 1.82) is 0 Å². The number of imidazole rings is 1. The molecule has 144 valence electrons. The number of rotatable bonds is 4. The number of amides is 1. The number of carbonyl (C=O) groups excluding carboxylic acids is 1. The largest absolute Gasteiger partial charge is 0.336 e. The standard InChI is InChI=1S/C22H25N5O/c1-17-5-4-8-24-20(17)15-26-9-11-27(12-10-26)22(28)19-7-3-6-18(13-19)21-14-23-16-25(21)2/h3-8,13-14,16H,9-12,15H2,1-2H3. The van der Waals surface area contributed by atoms with E-state index in [2.05, 4.69) is 27.9 Å². The van der Waals surface area contributed by atoms with Crippen molar-refractivity contribution in [1.82, 2.24) is 24.3 Å². The molecule has 0 aliphatic carbocycles. The maximum absolute atomic E-state index is 13.0. The lowest BCUT2D eigenvalue weighted by atomic mass is 10.1. The molecule has 28 heavy (non-hydrogen) atoms. The first-order chi connectivity index (χ1) is 13.6. The van der Waals surface area contributed by atoms with Crippen LogP contribution in [0.3, 0.4) is 0 Å². The third-order valence-electron chi connectivity index (χ3n) is 5.37. The fourth-order valence-electron chi connectivity index (χ4n) is 3.63. The van der Waals surface area contributed by atoms with Crippen molar-refractivity contribution in [3.8, 4) is 11.3 Å². The molecule has 0 N–H and O–H groups in total. The Kier molecular flexibility index (Phi) is 5.21. The van der Waals surface area contributed by atoms with Crippen LogP contribution in [0.5, 0.6) is 0 Å². The van der Waals surface area contributed by atoms with Crippen LogP contribution in [-0.4, -0.2) is 56.4 Å². The summed E-state index contributed by atoms with van der Waals surface area (Å²) in [6.45, 7) is 6.13. The average molecular weight is 375 g/mol. The molecule has 6 nitrogen and oxygen atoms in total. The lowest BCUT2D eigenvalue weighted by molar-refractivity contribution is 0.0627. The Morgan fingerprint density at radius 1 is 1.11 bits per heavy atom. The van der Waals surface area contributed by atoms with E-state index in [1.807, 2.05) is 59.2 Å². The molecule has 0 atom stereocenters. The molecule has 1 aliphatic heterocycles. The van der Waals surface area contributed by atoms with Gasteiger partial charge in [-0.1, -0.05) is 18.2 Å². The summed E-state index contributed by atoms with van der Waals surface area (Å²) in [6.07, 6.45) is 5.44. The highest BCUT2D eigenvalue weighted by Gasteiger charge is 2.23. The topological polar surface area (TPSA) is 54.3 Å². The second kappa shape index (κ2) is 7.94. The summed E-state index contributed by atoms with van der Waals surface area (Å²) < 4.78 is 1.96. The summed E-state index contributed by atoms with van der Waals surface area (Å²) in [5, 5.41) is 0. The zero-order valence-electron chi connectivity index (χ0n) is 16.4. The first-order valence-corrected chi connectivity index (χ1v) is 9.61. The lowest BCUT2D eigenvalue weighted by Gasteiger charge is -2.34. The van der Waals surface area contributed by atoms with Crippen molar-refractivity contribution < 1.29 is 4.79 Å². The van der Waals surface area contributed by atoms with Crippen molar-refractivity contribution in [3.05, 3.63) is 71.9 Å². The summed E-state index contributed by atoms with van der Waals surface area (Å²) in [5.41, 5.74) is 5.08. The predicted octanol–water partition coefficient (Wildman–Crippen LogP) is 2.75. The van der Waals surface area contributed by atoms with Crippen molar-refractivity contribution in [2.75, 3.05) is 26.2 Å². The van der Waals surface area contributed by atoms with Crippen LogP contribution in [0.2, 0.25) is 0 Å². The van der Waals surface area contributed by atoms with Gasteiger partial charge in [0.25, 0.3) is 5.91 Å². The summed E-state index contributed by atoms with van der Waals surface area (Å²) >= 11 is 0. The van der Waals surface area contributed by atoms with Crippen molar-refractivity contribution in [2.24, 2.45) is 7.05 Å². The number of carbonyl (C=O) groups is 1. The maximum Gasteiger partial charge on any atom is 0.253 e. The molecule has 1 fully saturated rings. The highest BCUT2D eigenvalue weighted by Crippen LogP contribution is 2.21. The normalized spacial score (nSPS) is 15.0. The first kappa shape index (κ1) is 18.4. The van der Waals surface area contributed by atoms with E-state index in [1.165, 1.54) is 5.56 Å². The summed E-state index contributed by atoms with van der Waals surface area (Å²) in [7, 11) is 1.96. The van der Waals surface area contributed by atoms with Gasteiger partial charge in [0, 0.05) is 57.1 Å². The number of aryl methyl sites for hydroxylation is 2. The molecular formula is C22H25N5O. The first-order valence-electron chi connectivity index (χ1n) is 9.61. The Balaban J connectivity index is 1.40. The Bertz CT molecular complexity index is 972. The number of aromatic nitrogens is 3. The third-order valence-corrected chi connectivity index (χ3v) is 5.37. The van der Waals surface area contributed by atoms with Gasteiger partial charge < -0.3 is 9.47 Å². The molecule has 1 amide bonds. The van der Waals surface area contributed by atoms with Gasteiger partial charge in [-0.05, 0) is 30.7 Å². The van der Waals surface area contributed by atoms with Gasteiger partial charge in [-0.25, -0.2) is 4.98 Å². The summed E-state index contributed by atoms with van der Waals surface area (Å²) in [4.78, 5) is 26.0. The smallest absolute Gasteiger partial charge is 0.253 e. The SMILES string of the molecule is Cc1cccnc1CN1CCN(C(=O)c2cccc(-c3cncn3C)c2)CC1. The van der Waals surface area contributed by atoms with Crippen LogP contribution < -0.4 is 0 Å². The zero-order chi connectivity index (χ0) is 19.5. The molecule has 0 saturated carbocycles. The van der Waals surface area contributed by atoms with Crippen LogP contribution in [0.25, 0.3) is 11.3 Å². The van der Waals surface area contributed by atoms with Gasteiger partial charge in [0.2, 0.25) is 0 Å². The molecule has 1 aliphatic rings. The molecule has 1 saturated heterocycles. The molecule has 3 aromatic rings. The number of hydrogen-bond donors (Lipinski definition) is 0. The number of hydrogen-bond acceptors (Lipinski definition) is 4. The van der Waals surface area contributed by atoms with Crippen LogP contribution in [0.1, 0.15) is 21.6 Å². The van der Waals surface area contributed by atoms with Crippen LogP contribution in [0, 0.1) is 6.92 Å². The molecule has 0 spiro atoms. The lowest BCUT2D eigenvalue weighted by Crippen LogP contribution is -2.48. The maximum atomic E-state index is 13.0. The molecule has 4 rings (SSSR count). The van der Waals surface area contributed by atoms with E-state index in [9.17, 15) is 4.79 Å². The summed E-state index contributed by atoms with van der Waals surface area (Å²) in [6, 6.07) is 11.9. The highest BCUT2D eigenvalue weighted by atomic mass is 16.2. The predicted molar refractivity (Wildman–Crippen MR) is 109 cm³/mol. The van der Waals surface area contributed by atoms with Gasteiger partial charge in [0.1, 0.15) is 0 Å². The molecule has 3 heterocycles. The van der Waals surface area contributed by atoms with E-state index in [0.29, 0.717) is 0 Å². The van der Waals surface area contributed by atoms with Gasteiger partial charge in [-0.15, -0.1) is 0 Å². The highest BCUT2D eigenvalue weighted by molar-refractivity contribution is 5.95. The second-order valence-corrected chi connectivity index (χ2v) is 7.31. The van der Waals surface area contributed by atoms with E-state index in [-0.39, 0.29) is 5.91 Å². The monoisotopic (exact) mass is 375 g/mol. The molecule has 1 aromatic carbocycles. The molecular weight excluding hydrogens is 350 g/mol. The van der Waals surface area contributed by atoms with E-state index in [0.717, 1.165) is 55.2 Å². The summed E-state index contributed by atoms with van der Waals surface area (Å²) in [5.74, 6) is 0.0951. The Morgan fingerprint density at radius 2 is 1.93 bits per heavy atom. The minimum Gasteiger partial charge on any atom is -0.336 e. The quantitative estimate of drug-likeness (QED) is 0.704. The van der Waals surface area contributed by atoms with Crippen molar-refractivity contribution in [3.63, 3.8) is 0 Å². The van der Waals surface area contributed by atoms with Crippen LogP contribution in [0.15, 0.2) is 55.1 Å². The molecule has 0 radical (unpaired) electrons. The Hall–Kier alpha value is -2.99. The van der Waals surface area contributed by atoms with Crippen LogP contribution in [0.4, 0.5) is 0 Å².